The van der Waals surface area contributed by atoms with Crippen molar-refractivity contribution in [3.63, 3.8) is 0 Å². The Bertz CT molecular complexity index is 1390. The van der Waals surface area contributed by atoms with E-state index in [0.29, 0.717) is 36.7 Å². The van der Waals surface area contributed by atoms with Gasteiger partial charge in [0.1, 0.15) is 17.2 Å². The highest BCUT2D eigenvalue weighted by Gasteiger charge is 2.38. The van der Waals surface area contributed by atoms with Gasteiger partial charge in [-0.15, -0.1) is 5.10 Å². The number of alkyl carbamates (subject to hydrolysis) is 1. The molecule has 4 heterocycles. The van der Waals surface area contributed by atoms with Crippen LogP contribution >= 0.6 is 0 Å². The Morgan fingerprint density at radius 2 is 1.79 bits per heavy atom. The number of carbonyl (C=O) groups is 1. The molecule has 2 atom stereocenters. The van der Waals surface area contributed by atoms with Crippen molar-refractivity contribution in [1.29, 1.82) is 0 Å². The quantitative estimate of drug-likeness (QED) is 0.405. The molecule has 0 saturated carbocycles. The van der Waals surface area contributed by atoms with Crippen molar-refractivity contribution in [2.45, 2.75) is 71.1 Å². The third-order valence-electron chi connectivity index (χ3n) is 7.54. The smallest absolute Gasteiger partial charge is 0.407 e. The Hall–Kier alpha value is -4.10. The van der Waals surface area contributed by atoms with Gasteiger partial charge in [-0.1, -0.05) is 5.10 Å². The average molecular weight is 600 g/mol. The van der Waals surface area contributed by atoms with Crippen molar-refractivity contribution in [3.05, 3.63) is 47.8 Å². The Morgan fingerprint density at radius 1 is 1.07 bits per heavy atom. The van der Waals surface area contributed by atoms with Crippen LogP contribution in [-0.4, -0.2) is 80.7 Å². The molecule has 14 heteroatoms. The SMILES string of the molecule is CC(C)n1nnc(N2CCC(COc3cnc(N4CC(NC(=O)OC(C)(C)C)C(c5cc(F)ccc5F)C4)nc3)CC2)n1. The third kappa shape index (κ3) is 7.65. The first-order valence-corrected chi connectivity index (χ1v) is 14.6. The van der Waals surface area contributed by atoms with Crippen LogP contribution in [0.25, 0.3) is 0 Å². The number of anilines is 2. The lowest BCUT2D eigenvalue weighted by Crippen LogP contribution is -2.43. The van der Waals surface area contributed by atoms with E-state index in [2.05, 4.69) is 35.6 Å². The maximum absolute atomic E-state index is 14.8. The number of halogens is 2. The van der Waals surface area contributed by atoms with E-state index in [-0.39, 0.29) is 18.2 Å². The summed E-state index contributed by atoms with van der Waals surface area (Å²) in [5.74, 6) is 0.337. The van der Waals surface area contributed by atoms with Gasteiger partial charge >= 0.3 is 6.09 Å². The molecule has 0 aliphatic carbocycles. The van der Waals surface area contributed by atoms with E-state index < -0.39 is 35.3 Å². The zero-order valence-corrected chi connectivity index (χ0v) is 25.2. The van der Waals surface area contributed by atoms with Gasteiger partial charge in [0.05, 0.1) is 31.1 Å². The molecule has 2 fully saturated rings. The van der Waals surface area contributed by atoms with Crippen LogP contribution in [0.2, 0.25) is 0 Å². The number of hydrogen-bond acceptors (Lipinski definition) is 10. The zero-order valence-electron chi connectivity index (χ0n) is 25.2. The lowest BCUT2D eigenvalue weighted by atomic mass is 9.94. The molecule has 2 aromatic heterocycles. The summed E-state index contributed by atoms with van der Waals surface area (Å²) < 4.78 is 40.3. The normalized spacial score (nSPS) is 19.6. The fourth-order valence-electron chi connectivity index (χ4n) is 5.31. The van der Waals surface area contributed by atoms with Crippen LogP contribution in [0.3, 0.4) is 0 Å². The molecule has 43 heavy (non-hydrogen) atoms. The second-order valence-corrected chi connectivity index (χ2v) is 12.4. The standard InChI is InChI=1S/C29H39F2N9O3/c1-18(2)40-36-27(35-37-40)38-10-8-19(9-11-38)17-42-21-13-32-26(33-14-21)39-15-23(22-12-20(30)6-7-24(22)31)25(16-39)34-28(41)43-29(3,4)5/h6-7,12-14,18-19,23,25H,8-11,15-17H2,1-5H3,(H,34,41). The molecule has 0 radical (unpaired) electrons. The summed E-state index contributed by atoms with van der Waals surface area (Å²) in [4.78, 5) is 27.1. The van der Waals surface area contributed by atoms with Crippen LogP contribution in [0.5, 0.6) is 5.75 Å². The van der Waals surface area contributed by atoms with Gasteiger partial charge in [-0.3, -0.25) is 0 Å². The van der Waals surface area contributed by atoms with Gasteiger partial charge in [-0.05, 0) is 82.4 Å². The first-order chi connectivity index (χ1) is 20.4. The molecule has 232 valence electrons. The van der Waals surface area contributed by atoms with Crippen molar-refractivity contribution in [3.8, 4) is 5.75 Å². The predicted molar refractivity (Wildman–Crippen MR) is 155 cm³/mol. The van der Waals surface area contributed by atoms with Crippen LogP contribution < -0.4 is 19.9 Å². The van der Waals surface area contributed by atoms with Crippen LogP contribution in [0.1, 0.15) is 65.0 Å². The molecular weight excluding hydrogens is 560 g/mol. The molecule has 0 spiro atoms. The molecular formula is C29H39F2N9O3. The summed E-state index contributed by atoms with van der Waals surface area (Å²) in [6, 6.07) is 2.95. The van der Waals surface area contributed by atoms with Crippen molar-refractivity contribution >= 4 is 18.0 Å². The zero-order chi connectivity index (χ0) is 30.7. The maximum atomic E-state index is 14.8. The minimum absolute atomic E-state index is 0.166. The van der Waals surface area contributed by atoms with Gasteiger partial charge < -0.3 is 24.6 Å². The molecule has 12 nitrogen and oxygen atoms in total. The van der Waals surface area contributed by atoms with Crippen LogP contribution in [0.4, 0.5) is 25.5 Å². The fourth-order valence-corrected chi connectivity index (χ4v) is 5.31. The number of aromatic nitrogens is 6. The average Bonchev–Trinajstić information content (AvgIpc) is 3.61. The van der Waals surface area contributed by atoms with Crippen molar-refractivity contribution < 1.29 is 23.0 Å². The second kappa shape index (κ2) is 12.6. The highest BCUT2D eigenvalue weighted by atomic mass is 19.1. The van der Waals surface area contributed by atoms with Crippen LogP contribution in [-0.2, 0) is 4.74 Å². The lowest BCUT2D eigenvalue weighted by Gasteiger charge is -2.30. The number of nitrogens with one attached hydrogen (secondary N) is 1. The molecule has 2 unspecified atom stereocenters. The number of benzene rings is 1. The molecule has 0 bridgehead atoms. The Labute approximate surface area is 249 Å². The Balaban J connectivity index is 1.18. The van der Waals surface area contributed by atoms with Gasteiger partial charge in [-0.2, -0.15) is 4.80 Å². The highest BCUT2D eigenvalue weighted by molar-refractivity contribution is 5.68. The highest BCUT2D eigenvalue weighted by Crippen LogP contribution is 2.32. The molecule has 3 aromatic rings. The maximum Gasteiger partial charge on any atom is 0.407 e. The van der Waals surface area contributed by atoms with Gasteiger partial charge in [0.2, 0.25) is 5.95 Å². The number of carbonyl (C=O) groups excluding carboxylic acids is 1. The van der Waals surface area contributed by atoms with Gasteiger partial charge in [-0.25, -0.2) is 23.5 Å². The van der Waals surface area contributed by atoms with Gasteiger partial charge in [0.25, 0.3) is 5.95 Å². The van der Waals surface area contributed by atoms with E-state index in [1.807, 2.05) is 18.7 Å². The molecule has 2 aliphatic heterocycles. The molecule has 5 rings (SSSR count). The molecule has 2 aliphatic rings. The summed E-state index contributed by atoms with van der Waals surface area (Å²) in [5, 5.41) is 15.6. The number of piperidine rings is 1. The third-order valence-corrected chi connectivity index (χ3v) is 7.54. The second-order valence-electron chi connectivity index (χ2n) is 12.4. The van der Waals surface area contributed by atoms with E-state index >= 15 is 0 Å². The fraction of sp³-hybridized carbons (Fsp3) is 0.586. The predicted octanol–water partition coefficient (Wildman–Crippen LogP) is 4.11. The van der Waals surface area contributed by atoms with E-state index in [0.717, 1.165) is 38.1 Å². The van der Waals surface area contributed by atoms with Gasteiger partial charge in [0.15, 0.2) is 5.75 Å². The summed E-state index contributed by atoms with van der Waals surface area (Å²) in [5.41, 5.74) is -0.528. The van der Waals surface area contributed by atoms with Crippen LogP contribution in [0, 0.1) is 17.6 Å². The van der Waals surface area contributed by atoms with E-state index in [1.165, 1.54) is 6.07 Å². The largest absolute Gasteiger partial charge is 0.490 e. The first-order valence-electron chi connectivity index (χ1n) is 14.6. The minimum Gasteiger partial charge on any atom is -0.490 e. The summed E-state index contributed by atoms with van der Waals surface area (Å²) >= 11 is 0. The number of ether oxygens (including phenoxy) is 2. The first kappa shape index (κ1) is 30.4. The number of amides is 1. The molecule has 2 saturated heterocycles. The monoisotopic (exact) mass is 599 g/mol. The minimum atomic E-state index is -0.704. The molecule has 1 N–H and O–H groups in total. The summed E-state index contributed by atoms with van der Waals surface area (Å²) in [6.45, 7) is 12.1. The van der Waals surface area contributed by atoms with Crippen LogP contribution in [0.15, 0.2) is 30.6 Å². The number of rotatable bonds is 8. The van der Waals surface area contributed by atoms with Crippen molar-refractivity contribution in [2.75, 3.05) is 42.6 Å². The topological polar surface area (TPSA) is 123 Å². The number of nitrogens with zero attached hydrogens (tertiary/aromatic N) is 8. The lowest BCUT2D eigenvalue weighted by molar-refractivity contribution is 0.0504. The summed E-state index contributed by atoms with van der Waals surface area (Å²) in [6.07, 6.45) is 4.46. The van der Waals surface area contributed by atoms with E-state index in [1.54, 1.807) is 38.0 Å². The van der Waals surface area contributed by atoms with Crippen molar-refractivity contribution in [1.82, 2.24) is 35.5 Å². The van der Waals surface area contributed by atoms with Gasteiger partial charge in [0, 0.05) is 32.1 Å². The summed E-state index contributed by atoms with van der Waals surface area (Å²) in [7, 11) is 0. The van der Waals surface area contributed by atoms with E-state index in [4.69, 9.17) is 9.47 Å². The molecule has 1 aromatic carbocycles. The Morgan fingerprint density at radius 3 is 2.44 bits per heavy atom. The Kier molecular flexibility index (Phi) is 8.92. The van der Waals surface area contributed by atoms with E-state index in [9.17, 15) is 13.6 Å². The van der Waals surface area contributed by atoms with Crippen molar-refractivity contribution in [2.24, 2.45) is 5.92 Å². The molecule has 1 amide bonds. The number of tetrazole rings is 1. The number of hydrogen-bond donors (Lipinski definition) is 1.